The highest BCUT2D eigenvalue weighted by Gasteiger charge is 2.05. The molecule has 0 fully saturated rings. The second-order valence-corrected chi connectivity index (χ2v) is 7.57. The molecule has 0 radical (unpaired) electrons. The van der Waals surface area contributed by atoms with Crippen LogP contribution in [-0.2, 0) is 6.54 Å². The minimum atomic E-state index is 0.807. The molecule has 0 saturated carbocycles. The van der Waals surface area contributed by atoms with Crippen LogP contribution in [0.15, 0.2) is 32.7 Å². The van der Waals surface area contributed by atoms with Crippen molar-refractivity contribution >= 4 is 54.7 Å². The summed E-state index contributed by atoms with van der Waals surface area (Å²) < 4.78 is 2.23. The van der Waals surface area contributed by atoms with Crippen molar-refractivity contribution < 1.29 is 0 Å². The average Bonchev–Trinajstić information content (AvgIpc) is 2.78. The highest BCUT2D eigenvalue weighted by atomic mass is 79.9. The molecule has 0 aliphatic heterocycles. The molecule has 0 spiro atoms. The van der Waals surface area contributed by atoms with Gasteiger partial charge in [-0.3, -0.25) is 0 Å². The van der Waals surface area contributed by atoms with E-state index in [1.807, 2.05) is 6.20 Å². The third kappa shape index (κ3) is 3.96. The van der Waals surface area contributed by atoms with Gasteiger partial charge in [-0.1, -0.05) is 0 Å². The number of nitrogens with one attached hydrogen (secondary N) is 1. The van der Waals surface area contributed by atoms with Crippen LogP contribution < -0.4 is 10.2 Å². The number of thiophene rings is 1. The molecule has 0 unspecified atom stereocenters. The van der Waals surface area contributed by atoms with E-state index in [-0.39, 0.29) is 0 Å². The van der Waals surface area contributed by atoms with E-state index in [4.69, 9.17) is 0 Å². The zero-order valence-electron chi connectivity index (χ0n) is 11.5. The Morgan fingerprint density at radius 2 is 2.00 bits per heavy atom. The Balaban J connectivity index is 1.97. The summed E-state index contributed by atoms with van der Waals surface area (Å²) in [6.45, 7) is 7.05. The molecule has 0 amide bonds. The SMILES string of the molecule is CCN(CC)c1ccc(NCc2cc(Br)c(Br)s2)cn1. The van der Waals surface area contributed by atoms with Crippen molar-refractivity contribution in [3.63, 3.8) is 0 Å². The third-order valence-electron chi connectivity index (χ3n) is 3.00. The summed E-state index contributed by atoms with van der Waals surface area (Å²) in [6, 6.07) is 6.27. The summed E-state index contributed by atoms with van der Waals surface area (Å²) in [5, 5.41) is 3.39. The standard InChI is InChI=1S/C14H17Br2N3S/c1-3-19(4-2)13-6-5-10(8-18-13)17-9-11-7-12(15)14(16)20-11/h5-8,17H,3-4,9H2,1-2H3. The van der Waals surface area contributed by atoms with Crippen LogP contribution in [0.2, 0.25) is 0 Å². The van der Waals surface area contributed by atoms with Crippen LogP contribution in [0.1, 0.15) is 18.7 Å². The molecule has 0 atom stereocenters. The van der Waals surface area contributed by atoms with Gasteiger partial charge in [-0.2, -0.15) is 0 Å². The molecule has 2 heterocycles. The summed E-state index contributed by atoms with van der Waals surface area (Å²) in [5.74, 6) is 1.03. The molecule has 0 aliphatic carbocycles. The zero-order chi connectivity index (χ0) is 14.5. The Labute approximate surface area is 140 Å². The Bertz CT molecular complexity index is 531. The highest BCUT2D eigenvalue weighted by Crippen LogP contribution is 2.32. The molecule has 2 aromatic heterocycles. The fourth-order valence-electron chi connectivity index (χ4n) is 1.89. The molecular formula is C14H17Br2N3S. The van der Waals surface area contributed by atoms with Crippen molar-refractivity contribution in [1.29, 1.82) is 0 Å². The highest BCUT2D eigenvalue weighted by molar-refractivity contribution is 9.13. The zero-order valence-corrected chi connectivity index (χ0v) is 15.5. The number of halogens is 2. The van der Waals surface area contributed by atoms with E-state index in [2.05, 4.69) is 79.1 Å². The molecule has 3 nitrogen and oxygen atoms in total. The topological polar surface area (TPSA) is 28.2 Å². The first-order valence-corrected chi connectivity index (χ1v) is 8.92. The molecule has 1 N–H and O–H groups in total. The number of hydrogen-bond donors (Lipinski definition) is 1. The first-order valence-electron chi connectivity index (χ1n) is 6.52. The predicted molar refractivity (Wildman–Crippen MR) is 94.8 cm³/mol. The van der Waals surface area contributed by atoms with Crippen molar-refractivity contribution in [3.05, 3.63) is 37.5 Å². The van der Waals surface area contributed by atoms with E-state index >= 15 is 0 Å². The monoisotopic (exact) mass is 417 g/mol. The van der Waals surface area contributed by atoms with Gasteiger partial charge >= 0.3 is 0 Å². The van der Waals surface area contributed by atoms with Crippen LogP contribution in [0.3, 0.4) is 0 Å². The van der Waals surface area contributed by atoms with Crippen LogP contribution in [0.4, 0.5) is 11.5 Å². The van der Waals surface area contributed by atoms with Crippen LogP contribution in [0, 0.1) is 0 Å². The minimum Gasteiger partial charge on any atom is -0.379 e. The summed E-state index contributed by atoms with van der Waals surface area (Å²) in [6.07, 6.45) is 1.89. The number of rotatable bonds is 6. The Hall–Kier alpha value is -0.590. The van der Waals surface area contributed by atoms with Crippen LogP contribution in [0.25, 0.3) is 0 Å². The number of aromatic nitrogens is 1. The number of hydrogen-bond acceptors (Lipinski definition) is 4. The van der Waals surface area contributed by atoms with Gasteiger partial charge in [0, 0.05) is 29.0 Å². The quantitative estimate of drug-likeness (QED) is 0.704. The van der Waals surface area contributed by atoms with Gasteiger partial charge < -0.3 is 10.2 Å². The third-order valence-corrected chi connectivity index (χ3v) is 6.25. The van der Waals surface area contributed by atoms with Crippen LogP contribution in [0.5, 0.6) is 0 Å². The molecule has 6 heteroatoms. The Morgan fingerprint density at radius 3 is 2.50 bits per heavy atom. The second-order valence-electron chi connectivity index (χ2n) is 4.27. The molecule has 20 heavy (non-hydrogen) atoms. The molecule has 0 aliphatic rings. The van der Waals surface area contributed by atoms with Gasteiger partial charge in [-0.05, 0) is 63.9 Å². The summed E-state index contributed by atoms with van der Waals surface area (Å²) >= 11 is 8.74. The summed E-state index contributed by atoms with van der Waals surface area (Å²) in [5.41, 5.74) is 1.04. The normalized spacial score (nSPS) is 10.6. The second kappa shape index (κ2) is 7.43. The average molecular weight is 419 g/mol. The smallest absolute Gasteiger partial charge is 0.128 e. The number of nitrogens with zero attached hydrogens (tertiary/aromatic N) is 2. The fourth-order valence-corrected chi connectivity index (χ4v) is 4.01. The summed E-state index contributed by atoms with van der Waals surface area (Å²) in [4.78, 5) is 8.01. The maximum absolute atomic E-state index is 4.50. The first-order chi connectivity index (χ1) is 9.63. The Morgan fingerprint density at radius 1 is 1.25 bits per heavy atom. The van der Waals surface area contributed by atoms with E-state index in [0.29, 0.717) is 0 Å². The maximum Gasteiger partial charge on any atom is 0.128 e. The van der Waals surface area contributed by atoms with Crippen molar-refractivity contribution in [2.24, 2.45) is 0 Å². The van der Waals surface area contributed by atoms with Crippen LogP contribution in [-0.4, -0.2) is 18.1 Å². The van der Waals surface area contributed by atoms with Gasteiger partial charge in [0.1, 0.15) is 5.82 Å². The molecule has 0 aromatic carbocycles. The fraction of sp³-hybridized carbons (Fsp3) is 0.357. The maximum atomic E-state index is 4.50. The molecular weight excluding hydrogens is 402 g/mol. The van der Waals surface area contributed by atoms with Gasteiger partial charge in [-0.15, -0.1) is 11.3 Å². The van der Waals surface area contributed by atoms with Crippen molar-refractivity contribution in [3.8, 4) is 0 Å². The molecule has 108 valence electrons. The van der Waals surface area contributed by atoms with Gasteiger partial charge in [0.05, 0.1) is 15.7 Å². The van der Waals surface area contributed by atoms with E-state index in [9.17, 15) is 0 Å². The van der Waals surface area contributed by atoms with E-state index in [1.54, 1.807) is 11.3 Å². The predicted octanol–water partition coefficient (Wildman–Crippen LogP) is 5.13. The van der Waals surface area contributed by atoms with Crippen molar-refractivity contribution in [2.45, 2.75) is 20.4 Å². The molecule has 0 saturated heterocycles. The minimum absolute atomic E-state index is 0.807. The van der Waals surface area contributed by atoms with E-state index in [0.717, 1.165) is 39.4 Å². The lowest BCUT2D eigenvalue weighted by molar-refractivity contribution is 0.846. The van der Waals surface area contributed by atoms with Crippen molar-refractivity contribution in [2.75, 3.05) is 23.3 Å². The molecule has 0 bridgehead atoms. The number of pyridine rings is 1. The van der Waals surface area contributed by atoms with Crippen molar-refractivity contribution in [1.82, 2.24) is 4.98 Å². The van der Waals surface area contributed by atoms with Gasteiger partial charge in [0.15, 0.2) is 0 Å². The largest absolute Gasteiger partial charge is 0.379 e. The lowest BCUT2D eigenvalue weighted by Gasteiger charge is -2.19. The Kier molecular flexibility index (Phi) is 5.86. The summed E-state index contributed by atoms with van der Waals surface area (Å²) in [7, 11) is 0. The first kappa shape index (κ1) is 15.8. The molecule has 2 rings (SSSR count). The van der Waals surface area contributed by atoms with E-state index in [1.165, 1.54) is 4.88 Å². The molecule has 2 aromatic rings. The van der Waals surface area contributed by atoms with Gasteiger partial charge in [0.2, 0.25) is 0 Å². The van der Waals surface area contributed by atoms with Crippen LogP contribution >= 0.6 is 43.2 Å². The number of anilines is 2. The van der Waals surface area contributed by atoms with E-state index < -0.39 is 0 Å². The lowest BCUT2D eigenvalue weighted by atomic mass is 10.3. The van der Waals surface area contributed by atoms with Gasteiger partial charge in [0.25, 0.3) is 0 Å². The van der Waals surface area contributed by atoms with Gasteiger partial charge in [-0.25, -0.2) is 4.98 Å². The lowest BCUT2D eigenvalue weighted by Crippen LogP contribution is -2.22.